The summed E-state index contributed by atoms with van der Waals surface area (Å²) in [6, 6.07) is 1.69. The van der Waals surface area contributed by atoms with E-state index in [0.717, 1.165) is 12.0 Å². The van der Waals surface area contributed by atoms with Crippen LogP contribution in [0.4, 0.5) is 4.39 Å². The quantitative estimate of drug-likeness (QED) is 0.607. The van der Waals surface area contributed by atoms with Crippen LogP contribution >= 0.6 is 0 Å². The number of aromatic nitrogens is 1. The van der Waals surface area contributed by atoms with Gasteiger partial charge in [-0.15, -0.1) is 0 Å². The number of aryl methyl sites for hydroxylation is 1. The Kier molecular flexibility index (Phi) is 5.35. The Balaban J connectivity index is 0.000000461. The topological polar surface area (TPSA) is 12.9 Å². The number of nitrogens with zero attached hydrogens (tertiary/aromatic N) is 1. The van der Waals surface area contributed by atoms with Crippen LogP contribution < -0.4 is 0 Å². The normalized spacial score (nSPS) is 8.36. The molecule has 0 aliphatic carbocycles. The number of pyridine rings is 1. The van der Waals surface area contributed by atoms with Gasteiger partial charge in [-0.3, -0.25) is 4.98 Å². The van der Waals surface area contributed by atoms with Gasteiger partial charge in [-0.25, -0.2) is 4.39 Å². The third-order valence-corrected chi connectivity index (χ3v) is 1.24. The van der Waals surface area contributed by atoms with Gasteiger partial charge in [0.25, 0.3) is 0 Å². The van der Waals surface area contributed by atoms with Gasteiger partial charge in [-0.1, -0.05) is 20.8 Å². The van der Waals surface area contributed by atoms with E-state index in [2.05, 4.69) is 4.98 Å². The molecule has 0 amide bonds. The third kappa shape index (κ3) is 3.12. The number of hydrogen-bond acceptors (Lipinski definition) is 1. The van der Waals surface area contributed by atoms with E-state index in [9.17, 15) is 4.39 Å². The van der Waals surface area contributed by atoms with Crippen molar-refractivity contribution in [2.45, 2.75) is 27.2 Å². The molecule has 0 spiro atoms. The largest absolute Gasteiger partial charge is 0.262 e. The fourth-order valence-electron chi connectivity index (χ4n) is 0.691. The van der Waals surface area contributed by atoms with Gasteiger partial charge >= 0.3 is 0 Å². The van der Waals surface area contributed by atoms with Gasteiger partial charge in [-0.05, 0) is 18.1 Å². The minimum absolute atomic E-state index is 0.208. The van der Waals surface area contributed by atoms with Crippen LogP contribution in [0.25, 0.3) is 0 Å². The first-order valence-corrected chi connectivity index (χ1v) is 3.93. The minimum atomic E-state index is -0.208. The standard InChI is InChI=1S/C7H8FN.C2H6/c1-2-6-3-4-9-5-7(6)8;1-2/h3-5H,2H2,1H3;1-2H3. The molecule has 0 unspecified atom stereocenters. The highest BCUT2D eigenvalue weighted by Crippen LogP contribution is 2.03. The van der Waals surface area contributed by atoms with Crippen molar-refractivity contribution in [3.05, 3.63) is 29.8 Å². The molecule has 2 heteroatoms. The van der Waals surface area contributed by atoms with Gasteiger partial charge in [0.1, 0.15) is 5.82 Å². The molecule has 0 saturated carbocycles. The fraction of sp³-hybridized carbons (Fsp3) is 0.444. The van der Waals surface area contributed by atoms with Crippen molar-refractivity contribution in [1.29, 1.82) is 0 Å². The molecule has 0 fully saturated rings. The SMILES string of the molecule is CC.CCc1ccncc1F. The molecule has 11 heavy (non-hydrogen) atoms. The monoisotopic (exact) mass is 155 g/mol. The second-order valence-corrected chi connectivity index (χ2v) is 1.82. The molecule has 1 heterocycles. The van der Waals surface area contributed by atoms with E-state index >= 15 is 0 Å². The molecule has 0 saturated heterocycles. The first-order valence-electron chi connectivity index (χ1n) is 3.93. The van der Waals surface area contributed by atoms with Crippen molar-refractivity contribution in [2.75, 3.05) is 0 Å². The minimum Gasteiger partial charge on any atom is -0.262 e. The lowest BCUT2D eigenvalue weighted by Crippen LogP contribution is -1.86. The summed E-state index contributed by atoms with van der Waals surface area (Å²) >= 11 is 0. The molecule has 1 nitrogen and oxygen atoms in total. The van der Waals surface area contributed by atoms with Crippen LogP contribution in [0.2, 0.25) is 0 Å². The zero-order valence-electron chi connectivity index (χ0n) is 7.26. The molecule has 0 aliphatic rings. The zero-order chi connectivity index (χ0) is 8.69. The van der Waals surface area contributed by atoms with Crippen molar-refractivity contribution in [3.8, 4) is 0 Å². The first kappa shape index (κ1) is 10.1. The fourth-order valence-corrected chi connectivity index (χ4v) is 0.691. The third-order valence-electron chi connectivity index (χ3n) is 1.24. The Morgan fingerprint density at radius 3 is 2.45 bits per heavy atom. The molecule has 1 rings (SSSR count). The molecule has 1 aromatic heterocycles. The number of rotatable bonds is 1. The average Bonchev–Trinajstić information content (AvgIpc) is 2.09. The maximum atomic E-state index is 12.5. The summed E-state index contributed by atoms with van der Waals surface area (Å²) in [5.74, 6) is -0.208. The molecule has 0 bridgehead atoms. The zero-order valence-corrected chi connectivity index (χ0v) is 7.26. The van der Waals surface area contributed by atoms with Gasteiger partial charge in [0.05, 0.1) is 6.20 Å². The molecule has 0 N–H and O–H groups in total. The lowest BCUT2D eigenvalue weighted by atomic mass is 10.2. The van der Waals surface area contributed by atoms with Crippen molar-refractivity contribution in [1.82, 2.24) is 4.98 Å². The van der Waals surface area contributed by atoms with Crippen LogP contribution in [0.1, 0.15) is 26.3 Å². The average molecular weight is 155 g/mol. The smallest absolute Gasteiger partial charge is 0.144 e. The van der Waals surface area contributed by atoms with Crippen molar-refractivity contribution in [3.63, 3.8) is 0 Å². The van der Waals surface area contributed by atoms with E-state index in [4.69, 9.17) is 0 Å². The number of hydrogen-bond donors (Lipinski definition) is 0. The molecule has 0 atom stereocenters. The van der Waals surface area contributed by atoms with E-state index in [-0.39, 0.29) is 5.82 Å². The lowest BCUT2D eigenvalue weighted by Gasteiger charge is -1.94. The lowest BCUT2D eigenvalue weighted by molar-refractivity contribution is 0.605. The maximum Gasteiger partial charge on any atom is 0.144 e. The molecule has 0 aliphatic heterocycles. The second kappa shape index (κ2) is 5.83. The van der Waals surface area contributed by atoms with Gasteiger partial charge in [-0.2, -0.15) is 0 Å². The van der Waals surface area contributed by atoms with Crippen LogP contribution in [0.5, 0.6) is 0 Å². The number of halogens is 1. The van der Waals surface area contributed by atoms with E-state index in [1.807, 2.05) is 20.8 Å². The second-order valence-electron chi connectivity index (χ2n) is 1.82. The molecular weight excluding hydrogens is 141 g/mol. The van der Waals surface area contributed by atoms with Crippen LogP contribution in [0.15, 0.2) is 18.5 Å². The van der Waals surface area contributed by atoms with E-state index in [1.54, 1.807) is 12.3 Å². The first-order chi connectivity index (χ1) is 5.34. The van der Waals surface area contributed by atoms with Crippen molar-refractivity contribution < 1.29 is 4.39 Å². The summed E-state index contributed by atoms with van der Waals surface area (Å²) < 4.78 is 12.5. The van der Waals surface area contributed by atoms with E-state index < -0.39 is 0 Å². The Bertz CT molecular complexity index is 199. The Morgan fingerprint density at radius 2 is 2.09 bits per heavy atom. The summed E-state index contributed by atoms with van der Waals surface area (Å²) in [7, 11) is 0. The van der Waals surface area contributed by atoms with E-state index in [1.165, 1.54) is 6.20 Å². The highest BCUT2D eigenvalue weighted by molar-refractivity contribution is 5.11. The van der Waals surface area contributed by atoms with Crippen LogP contribution in [0.3, 0.4) is 0 Å². The Labute approximate surface area is 67.3 Å². The van der Waals surface area contributed by atoms with Gasteiger partial charge in [0.15, 0.2) is 0 Å². The molecular formula is C9H14FN. The van der Waals surface area contributed by atoms with Crippen LogP contribution in [0, 0.1) is 5.82 Å². The predicted molar refractivity (Wildman–Crippen MR) is 44.9 cm³/mol. The van der Waals surface area contributed by atoms with Crippen molar-refractivity contribution >= 4 is 0 Å². The molecule has 62 valence electrons. The maximum absolute atomic E-state index is 12.5. The van der Waals surface area contributed by atoms with Gasteiger partial charge in [0, 0.05) is 6.20 Å². The highest BCUT2D eigenvalue weighted by atomic mass is 19.1. The molecule has 1 aromatic rings. The van der Waals surface area contributed by atoms with E-state index in [0.29, 0.717) is 0 Å². The summed E-state index contributed by atoms with van der Waals surface area (Å²) in [5.41, 5.74) is 0.727. The Hall–Kier alpha value is -0.920. The summed E-state index contributed by atoms with van der Waals surface area (Å²) in [6.45, 7) is 5.92. The van der Waals surface area contributed by atoms with Gasteiger partial charge < -0.3 is 0 Å². The van der Waals surface area contributed by atoms with Crippen molar-refractivity contribution in [2.24, 2.45) is 0 Å². The predicted octanol–water partition coefficient (Wildman–Crippen LogP) is 2.81. The summed E-state index contributed by atoms with van der Waals surface area (Å²) in [4.78, 5) is 3.62. The summed E-state index contributed by atoms with van der Waals surface area (Å²) in [5, 5.41) is 0. The van der Waals surface area contributed by atoms with Crippen LogP contribution in [-0.2, 0) is 6.42 Å². The Morgan fingerprint density at radius 1 is 1.45 bits per heavy atom. The molecule has 0 radical (unpaired) electrons. The molecule has 0 aromatic carbocycles. The highest BCUT2D eigenvalue weighted by Gasteiger charge is 1.94. The van der Waals surface area contributed by atoms with Gasteiger partial charge in [0.2, 0.25) is 0 Å². The summed E-state index contributed by atoms with van der Waals surface area (Å²) in [6.07, 6.45) is 3.56. The van der Waals surface area contributed by atoms with Crippen LogP contribution in [-0.4, -0.2) is 4.98 Å².